The Morgan fingerprint density at radius 3 is 1.15 bits per heavy atom. The number of amides is 5. The standard InChI is InChI=1S/C18H22ClF3N4O2.2C15H16ClN5O3S.C14H18ClN5S.C14H17ClN4OS.C13H15ClN4O.2CH4/c1-17(2,3)28-16(27)25(10-5-4-8-18(20,21)22)14-12-26(24-15(14)19)13-7-6-9-23-11-13;2*1-25(23,24)20-11-5-4-10(7-11)15(22)18-13-9-21(19-14(13)16)12-3-2-6-17-8-12;1-4-17-14(21-5-2)19(3)12-10-20(18-13(12)15)11-7-6-8-16-9-11;1-3-18(14(20)10(2)9-21)12-8-19(17-13(12)15)11-5-4-6-16-7-11;1-3-12(19)17(4-2)11-9-18(16-13(11)14)10-6-5-7-15-8-10;;/h6-7,9,11-12H,4-5,8,10H2,1-3H3;2*2-6,8-11,20H,7H2,1H3,(H,18,22);6-10H,4-5H2,1-3H3;4-8,10,21H,3,9H2,1-2H3;5-9H,3-4H2,1-2H3;2*1H4/t;2*10-,11+;;;;;/m.10...../s1. The van der Waals surface area contributed by atoms with Crippen LogP contribution in [0.1, 0.15) is 116 Å². The Kier molecular flexibility index (Phi) is 45.4. The number of amidine groups is 1. The molecule has 141 heavy (non-hydrogen) atoms. The maximum Gasteiger partial charge on any atom is 0.414 e. The average Bonchev–Trinajstić information content (AvgIpc) is 1.67. The predicted molar refractivity (Wildman–Crippen MR) is 554 cm³/mol. The molecule has 0 aliphatic heterocycles. The van der Waals surface area contributed by atoms with E-state index in [4.69, 9.17) is 74.3 Å². The molecule has 50 heteroatoms. The number of aromatic nitrogens is 18. The molecule has 2 aliphatic rings. The highest BCUT2D eigenvalue weighted by molar-refractivity contribution is 8.14. The highest BCUT2D eigenvalue weighted by atomic mass is 35.5. The molecule has 12 heterocycles. The van der Waals surface area contributed by atoms with Crippen molar-refractivity contribution in [3.8, 4) is 34.1 Å². The number of nitrogens with one attached hydrogen (secondary N) is 4. The molecule has 4 N–H and O–H groups in total. The van der Waals surface area contributed by atoms with E-state index in [1.165, 1.54) is 25.1 Å². The number of thioether (sulfide) groups is 1. The summed E-state index contributed by atoms with van der Waals surface area (Å²) >= 11 is 42.8. The third-order valence-electron chi connectivity index (χ3n) is 19.5. The van der Waals surface area contributed by atoms with Crippen molar-refractivity contribution < 1.29 is 58.7 Å². The summed E-state index contributed by atoms with van der Waals surface area (Å²) in [6.45, 7) is 18.5. The molecule has 0 aromatic carbocycles. The van der Waals surface area contributed by atoms with Crippen LogP contribution in [0.5, 0.6) is 0 Å². The Bertz CT molecular complexity index is 6220. The van der Waals surface area contributed by atoms with E-state index in [1.807, 2.05) is 101 Å². The first-order chi connectivity index (χ1) is 66.0. The molecule has 0 saturated heterocycles. The number of hydrogen-bond acceptors (Lipinski definition) is 25. The molecule has 0 saturated carbocycles. The van der Waals surface area contributed by atoms with Gasteiger partial charge in [-0.25, -0.2) is 59.2 Å². The van der Waals surface area contributed by atoms with Crippen molar-refractivity contribution in [3.05, 3.63) is 240 Å². The van der Waals surface area contributed by atoms with Crippen LogP contribution < -0.4 is 39.7 Å². The Balaban J connectivity index is 0.000000230. The van der Waals surface area contributed by atoms with Crippen molar-refractivity contribution in [3.63, 3.8) is 0 Å². The zero-order chi connectivity index (χ0) is 101. The van der Waals surface area contributed by atoms with E-state index < -0.39 is 56.2 Å². The van der Waals surface area contributed by atoms with Crippen LogP contribution in [0.15, 0.2) is 214 Å². The number of carbonyl (C=O) groups is 5. The fourth-order valence-electron chi connectivity index (χ4n) is 13.0. The third kappa shape index (κ3) is 35.7. The van der Waals surface area contributed by atoms with Gasteiger partial charge < -0.3 is 30.1 Å². The van der Waals surface area contributed by atoms with Gasteiger partial charge in [-0.2, -0.15) is 56.4 Å². The van der Waals surface area contributed by atoms with E-state index in [2.05, 4.69) is 105 Å². The van der Waals surface area contributed by atoms with Gasteiger partial charge in [0.15, 0.2) is 36.1 Å². The van der Waals surface area contributed by atoms with Gasteiger partial charge in [-0.1, -0.05) is 141 Å². The van der Waals surface area contributed by atoms with E-state index in [9.17, 15) is 54.0 Å². The first kappa shape index (κ1) is 116. The number of alkyl halides is 3. The molecule has 0 fully saturated rings. The van der Waals surface area contributed by atoms with Gasteiger partial charge in [-0.3, -0.25) is 59.0 Å². The van der Waals surface area contributed by atoms with Gasteiger partial charge in [-0.15, -0.1) is 0 Å². The minimum absolute atomic E-state index is 0. The molecule has 5 atom stereocenters. The van der Waals surface area contributed by atoms with Crippen LogP contribution in [-0.2, 0) is 44.0 Å². The zero-order valence-electron chi connectivity index (χ0n) is 77.4. The molecule has 2 aliphatic carbocycles. The largest absolute Gasteiger partial charge is 0.443 e. The molecule has 0 radical (unpaired) electrons. The normalized spacial score (nSPS) is 14.4. The van der Waals surface area contributed by atoms with E-state index >= 15 is 0 Å². The number of unbranched alkanes of at least 4 members (excludes halogenated alkanes) is 1. The summed E-state index contributed by atoms with van der Waals surface area (Å²) < 4.78 is 102. The number of anilines is 6. The molecule has 12 aromatic heterocycles. The number of hydrogen-bond donors (Lipinski definition) is 5. The molecular formula is C91H112Cl6F3N27O10S4. The first-order valence-electron chi connectivity index (χ1n) is 43.1. The first-order valence-corrected chi connectivity index (χ1v) is 50.8. The summed E-state index contributed by atoms with van der Waals surface area (Å²) in [4.78, 5) is 96.7. The number of aliphatic imine (C=N–C) groups is 1. The van der Waals surface area contributed by atoms with Crippen molar-refractivity contribution >= 4 is 183 Å². The molecule has 5 amide bonds. The zero-order valence-corrected chi connectivity index (χ0v) is 85.3. The summed E-state index contributed by atoms with van der Waals surface area (Å²) in [7, 11) is -4.69. The summed E-state index contributed by atoms with van der Waals surface area (Å²) in [5, 5.41) is 33.0. The lowest BCUT2D eigenvalue weighted by Crippen LogP contribution is -2.37. The third-order valence-corrected chi connectivity index (χ3v) is 24.1. The van der Waals surface area contributed by atoms with Gasteiger partial charge in [0.25, 0.3) is 0 Å². The molecule has 0 spiro atoms. The maximum atomic E-state index is 12.6. The lowest BCUT2D eigenvalue weighted by molar-refractivity contribution is -0.135. The lowest BCUT2D eigenvalue weighted by Gasteiger charge is -2.26. The Labute approximate surface area is 857 Å². The van der Waals surface area contributed by atoms with Crippen LogP contribution in [-0.4, -0.2) is 221 Å². The second kappa shape index (κ2) is 55.1. The molecule has 14 rings (SSSR count). The molecule has 0 bridgehead atoms. The predicted octanol–water partition coefficient (Wildman–Crippen LogP) is 18.4. The van der Waals surface area contributed by atoms with E-state index in [1.54, 1.807) is 204 Å². The van der Waals surface area contributed by atoms with Gasteiger partial charge in [-0.05, 0) is 146 Å². The Hall–Kier alpha value is -11.7. The number of nitrogens with zero attached hydrogens (tertiary/aromatic N) is 23. The summed E-state index contributed by atoms with van der Waals surface area (Å²) in [5.41, 5.74) is 6.80. The van der Waals surface area contributed by atoms with Crippen LogP contribution in [0.3, 0.4) is 0 Å². The van der Waals surface area contributed by atoms with Gasteiger partial charge in [0, 0.05) is 107 Å². The monoisotopic (exact) mass is 2140 g/mol. The van der Waals surface area contributed by atoms with Gasteiger partial charge in [0.2, 0.25) is 43.7 Å². The lowest BCUT2D eigenvalue weighted by atomic mass is 10.1. The Morgan fingerprint density at radius 2 is 0.844 bits per heavy atom. The average molecular weight is 2140 g/mol. The molecule has 37 nitrogen and oxygen atoms in total. The van der Waals surface area contributed by atoms with Crippen molar-refractivity contribution in [2.75, 3.05) is 87.5 Å². The van der Waals surface area contributed by atoms with Crippen LogP contribution >= 0.6 is 94.0 Å². The topological polar surface area (TPSA) is 421 Å². The van der Waals surface area contributed by atoms with E-state index in [0.717, 1.165) is 52.7 Å². The van der Waals surface area contributed by atoms with Crippen LogP contribution in [0.2, 0.25) is 30.9 Å². The van der Waals surface area contributed by atoms with E-state index in [-0.39, 0.29) is 97.0 Å². The van der Waals surface area contributed by atoms with Crippen molar-refractivity contribution in [2.24, 2.45) is 22.7 Å². The second-order valence-electron chi connectivity index (χ2n) is 31.4. The van der Waals surface area contributed by atoms with Crippen molar-refractivity contribution in [2.45, 2.75) is 140 Å². The quantitative estimate of drug-likeness (QED) is 0.00955. The molecular weight excluding hydrogens is 2030 g/mol. The Morgan fingerprint density at radius 1 is 0.511 bits per heavy atom. The van der Waals surface area contributed by atoms with Gasteiger partial charge in [0.1, 0.15) is 28.4 Å². The highest BCUT2D eigenvalue weighted by Crippen LogP contribution is 2.35. The van der Waals surface area contributed by atoms with Crippen molar-refractivity contribution in [1.82, 2.24) is 98.0 Å². The second-order valence-corrected chi connectivity index (χ2v) is 38.7. The highest BCUT2D eigenvalue weighted by Gasteiger charge is 2.33. The number of halogens is 9. The fraction of sp³-hybridized carbons (Fsp3) is 0.363. The molecule has 1 unspecified atom stereocenters. The SMILES string of the molecule is C.C.CC(C)(C)OC(=O)N(CCCCC(F)(F)F)c1cn(-c2cccnc2)nc1Cl.CCC(=O)N(CC)c1cn(-c2cccnc2)nc1Cl.CCN(C(=O)C(C)CS)c1cn(-c2cccnc2)nc1Cl.CCN=C(SCC)N(C)c1cn(-c2cccnc2)nc1Cl.CS(=O)(=O)N[C@@H]1C=C[C@H](C(=O)Nc2cn(-c3cccnc3)nc2Cl)C1.CS(=O)(=O)N[C@H]1C=C[C@@H](C(=O)Nc2cn(-c3cccnc3)nc2Cl)C1. The fourth-order valence-corrected chi connectivity index (χ4v) is 16.7. The van der Waals surface area contributed by atoms with Crippen LogP contribution in [0.25, 0.3) is 34.1 Å². The van der Waals surface area contributed by atoms with Crippen LogP contribution in [0.4, 0.5) is 52.1 Å². The molecule has 758 valence electrons. The van der Waals surface area contributed by atoms with Crippen molar-refractivity contribution in [1.29, 1.82) is 0 Å². The van der Waals surface area contributed by atoms with E-state index in [0.29, 0.717) is 93.4 Å². The number of ether oxygens (including phenoxy) is 1. The minimum Gasteiger partial charge on any atom is -0.443 e. The summed E-state index contributed by atoms with van der Waals surface area (Å²) in [6.07, 6.45) is 34.2. The number of carbonyl (C=O) groups excluding carboxylic acids is 5. The number of thiol groups is 1. The summed E-state index contributed by atoms with van der Waals surface area (Å²) in [6, 6.07) is 21.0. The minimum atomic E-state index is -4.24. The number of rotatable bonds is 29. The van der Waals surface area contributed by atoms with Gasteiger partial charge in [0.05, 0.1) is 144 Å². The van der Waals surface area contributed by atoms with Crippen LogP contribution in [0, 0.1) is 17.8 Å². The molecule has 12 aromatic rings. The number of sulfonamides is 2. The van der Waals surface area contributed by atoms with Gasteiger partial charge >= 0.3 is 12.3 Å². The number of pyridine rings is 6. The maximum absolute atomic E-state index is 12.6. The smallest absolute Gasteiger partial charge is 0.414 e. The summed E-state index contributed by atoms with van der Waals surface area (Å²) in [5.74, 6) is -0.167.